The van der Waals surface area contributed by atoms with Gasteiger partial charge < -0.3 is 21.1 Å². The average Bonchev–Trinajstić information content (AvgIpc) is 3.19. The zero-order chi connectivity index (χ0) is 23.7. The minimum Gasteiger partial charge on any atom is -0.381 e. The molecule has 0 unspecified atom stereocenters. The quantitative estimate of drug-likeness (QED) is 0.477. The van der Waals surface area contributed by atoms with E-state index >= 15 is 0 Å². The summed E-state index contributed by atoms with van der Waals surface area (Å²) in [7, 11) is 0. The first-order valence-electron chi connectivity index (χ1n) is 11.6. The smallest absolute Gasteiger partial charge is 0.224 e. The number of carbonyl (C=O) groups excluding carboxylic acids is 1. The van der Waals surface area contributed by atoms with Crippen LogP contribution >= 0.6 is 11.6 Å². The number of aromatic nitrogens is 4. The number of primary amides is 1. The summed E-state index contributed by atoms with van der Waals surface area (Å²) in [6.07, 6.45) is 6.42. The van der Waals surface area contributed by atoms with Gasteiger partial charge in [-0.3, -0.25) is 9.36 Å². The second kappa shape index (κ2) is 9.71. The summed E-state index contributed by atoms with van der Waals surface area (Å²) in [5.41, 5.74) is 7.40. The van der Waals surface area contributed by atoms with Gasteiger partial charge in [0.15, 0.2) is 5.65 Å². The molecule has 4 N–H and O–H groups in total. The number of benzene rings is 1. The van der Waals surface area contributed by atoms with Crippen molar-refractivity contribution < 1.29 is 13.9 Å². The molecular formula is C23H27ClFN7O2. The van der Waals surface area contributed by atoms with Crippen molar-refractivity contribution >= 4 is 46.3 Å². The molecule has 1 aliphatic heterocycles. The molecule has 1 saturated carbocycles. The third-order valence-electron chi connectivity index (χ3n) is 6.63. The Hall–Kier alpha value is -2.98. The third-order valence-corrected chi connectivity index (χ3v) is 6.94. The van der Waals surface area contributed by atoms with E-state index in [1.807, 2.05) is 4.57 Å². The molecule has 1 amide bonds. The number of imidazole rings is 1. The molecule has 3 heterocycles. The summed E-state index contributed by atoms with van der Waals surface area (Å²) < 4.78 is 21.0. The fourth-order valence-corrected chi connectivity index (χ4v) is 4.96. The molecular weight excluding hydrogens is 461 g/mol. The zero-order valence-electron chi connectivity index (χ0n) is 18.6. The third kappa shape index (κ3) is 4.78. The Labute approximate surface area is 201 Å². The van der Waals surface area contributed by atoms with E-state index in [1.165, 1.54) is 12.1 Å². The summed E-state index contributed by atoms with van der Waals surface area (Å²) in [4.78, 5) is 25.7. The van der Waals surface area contributed by atoms with Crippen LogP contribution in [0, 0.1) is 11.7 Å². The van der Waals surface area contributed by atoms with E-state index in [4.69, 9.17) is 32.0 Å². The highest BCUT2D eigenvalue weighted by Crippen LogP contribution is 2.37. The van der Waals surface area contributed by atoms with Crippen LogP contribution in [0.4, 0.5) is 22.0 Å². The van der Waals surface area contributed by atoms with Crippen molar-refractivity contribution in [2.45, 2.75) is 50.6 Å². The molecule has 1 aliphatic carbocycles. The van der Waals surface area contributed by atoms with Crippen molar-refractivity contribution in [2.24, 2.45) is 11.7 Å². The van der Waals surface area contributed by atoms with E-state index in [9.17, 15) is 9.18 Å². The normalized spacial score (nSPS) is 21.5. The van der Waals surface area contributed by atoms with E-state index in [-0.39, 0.29) is 28.9 Å². The number of nitrogens with zero attached hydrogens (tertiary/aromatic N) is 4. The van der Waals surface area contributed by atoms with Crippen LogP contribution in [0.15, 0.2) is 24.4 Å². The summed E-state index contributed by atoms with van der Waals surface area (Å²) in [6, 6.07) is 4.49. The van der Waals surface area contributed by atoms with Crippen molar-refractivity contribution in [3.05, 3.63) is 35.2 Å². The monoisotopic (exact) mass is 487 g/mol. The molecule has 0 atom stereocenters. The van der Waals surface area contributed by atoms with Crippen LogP contribution in [0.1, 0.15) is 44.6 Å². The van der Waals surface area contributed by atoms with Crippen LogP contribution in [-0.4, -0.2) is 44.7 Å². The Morgan fingerprint density at radius 3 is 2.62 bits per heavy atom. The molecule has 2 aliphatic rings. The van der Waals surface area contributed by atoms with Crippen molar-refractivity contribution in [3.8, 4) is 0 Å². The predicted octanol–water partition coefficient (Wildman–Crippen LogP) is 4.17. The second-order valence-corrected chi connectivity index (χ2v) is 9.30. The highest BCUT2D eigenvalue weighted by molar-refractivity contribution is 6.33. The molecule has 34 heavy (non-hydrogen) atoms. The molecule has 0 spiro atoms. The number of rotatable bonds is 6. The maximum Gasteiger partial charge on any atom is 0.224 e. The van der Waals surface area contributed by atoms with Crippen molar-refractivity contribution in [1.82, 2.24) is 19.5 Å². The van der Waals surface area contributed by atoms with Gasteiger partial charge in [-0.05, 0) is 56.7 Å². The first kappa shape index (κ1) is 22.8. The molecule has 3 aromatic rings. The zero-order valence-corrected chi connectivity index (χ0v) is 19.4. The van der Waals surface area contributed by atoms with E-state index in [1.54, 1.807) is 12.3 Å². The van der Waals surface area contributed by atoms with E-state index in [0.29, 0.717) is 54.8 Å². The van der Waals surface area contributed by atoms with Gasteiger partial charge in [-0.2, -0.15) is 4.98 Å². The highest BCUT2D eigenvalue weighted by Gasteiger charge is 2.29. The van der Waals surface area contributed by atoms with E-state index < -0.39 is 5.82 Å². The lowest BCUT2D eigenvalue weighted by Crippen LogP contribution is -2.29. The number of hydrogen-bond donors (Lipinski definition) is 3. The molecule has 0 bridgehead atoms. The van der Waals surface area contributed by atoms with Crippen LogP contribution < -0.4 is 16.4 Å². The van der Waals surface area contributed by atoms with Crippen molar-refractivity contribution in [3.63, 3.8) is 0 Å². The summed E-state index contributed by atoms with van der Waals surface area (Å²) in [6.45, 7) is 1.43. The van der Waals surface area contributed by atoms with Gasteiger partial charge in [0.05, 0.1) is 16.9 Å². The largest absolute Gasteiger partial charge is 0.381 e. The van der Waals surface area contributed by atoms with Crippen molar-refractivity contribution in [2.75, 3.05) is 23.8 Å². The molecule has 180 valence electrons. The van der Waals surface area contributed by atoms with Crippen LogP contribution in [-0.2, 0) is 9.53 Å². The number of anilines is 3. The molecule has 0 radical (unpaired) electrons. The van der Waals surface area contributed by atoms with E-state index in [0.717, 1.165) is 25.7 Å². The molecule has 1 saturated heterocycles. The highest BCUT2D eigenvalue weighted by atomic mass is 35.5. The second-order valence-electron chi connectivity index (χ2n) is 8.90. The molecule has 1 aromatic carbocycles. The van der Waals surface area contributed by atoms with Gasteiger partial charge in [-0.1, -0.05) is 11.6 Å². The molecule has 9 nitrogen and oxygen atoms in total. The van der Waals surface area contributed by atoms with Gasteiger partial charge in [0, 0.05) is 31.2 Å². The average molecular weight is 488 g/mol. The Balaban J connectivity index is 1.50. The van der Waals surface area contributed by atoms with Gasteiger partial charge in [-0.15, -0.1) is 0 Å². The number of halogens is 2. The maximum atomic E-state index is 13.6. The lowest BCUT2D eigenvalue weighted by atomic mass is 9.85. The first-order valence-corrected chi connectivity index (χ1v) is 12.0. The fraction of sp³-hybridized carbons (Fsp3) is 0.478. The SMILES string of the molecule is NC(=O)[C@H]1CC[C@H](n2c(Nc3ccc(F)cc3Cl)nc3cnc(NC4CCOCC4)nc32)CC1. The summed E-state index contributed by atoms with van der Waals surface area (Å²) in [5, 5.41) is 6.91. The van der Waals surface area contributed by atoms with Crippen molar-refractivity contribution in [1.29, 1.82) is 0 Å². The van der Waals surface area contributed by atoms with Gasteiger partial charge in [0.2, 0.25) is 17.8 Å². The molecule has 2 aromatic heterocycles. The molecule has 5 rings (SSSR count). The Kier molecular flexibility index (Phi) is 6.51. The number of ether oxygens (including phenoxy) is 1. The topological polar surface area (TPSA) is 120 Å². The fourth-order valence-electron chi connectivity index (χ4n) is 4.75. The number of carbonyl (C=O) groups is 1. The van der Waals surface area contributed by atoms with E-state index in [2.05, 4.69) is 15.6 Å². The Morgan fingerprint density at radius 1 is 1.15 bits per heavy atom. The van der Waals surface area contributed by atoms with Gasteiger partial charge in [0.25, 0.3) is 0 Å². The Morgan fingerprint density at radius 2 is 1.91 bits per heavy atom. The van der Waals surface area contributed by atoms with Crippen LogP contribution in [0.2, 0.25) is 5.02 Å². The summed E-state index contributed by atoms with van der Waals surface area (Å²) in [5.74, 6) is 0.301. The first-order chi connectivity index (χ1) is 16.5. The van der Waals surface area contributed by atoms with Crippen LogP contribution in [0.3, 0.4) is 0 Å². The lowest BCUT2D eigenvalue weighted by Gasteiger charge is -2.29. The van der Waals surface area contributed by atoms with Gasteiger partial charge >= 0.3 is 0 Å². The lowest BCUT2D eigenvalue weighted by molar-refractivity contribution is -0.122. The number of amides is 1. The van der Waals surface area contributed by atoms with Crippen LogP contribution in [0.25, 0.3) is 11.2 Å². The maximum absolute atomic E-state index is 13.6. The molecule has 11 heteroatoms. The predicted molar refractivity (Wildman–Crippen MR) is 128 cm³/mol. The number of nitrogens with one attached hydrogen (secondary N) is 2. The Bertz CT molecular complexity index is 1190. The molecule has 2 fully saturated rings. The van der Waals surface area contributed by atoms with Crippen LogP contribution in [0.5, 0.6) is 0 Å². The number of hydrogen-bond acceptors (Lipinski definition) is 7. The van der Waals surface area contributed by atoms with Gasteiger partial charge in [0.1, 0.15) is 11.3 Å². The standard InChI is InChI=1S/C23H27ClFN7O2/c24-17-11-14(25)3-6-18(17)29-23-30-19-12-27-22(28-15-7-9-34-10-8-15)31-21(19)32(23)16-4-1-13(2-5-16)20(26)33/h3,6,11-13,15-16H,1-2,4-5,7-10H2,(H2,26,33)(H,29,30)(H,27,28,31)/t13-,16-. The number of fused-ring (bicyclic) bond motifs is 1. The minimum absolute atomic E-state index is 0.0631. The minimum atomic E-state index is -0.413. The van der Waals surface area contributed by atoms with Gasteiger partial charge in [-0.25, -0.2) is 14.4 Å². The number of nitrogens with two attached hydrogens (primary N) is 1. The summed E-state index contributed by atoms with van der Waals surface area (Å²) >= 11 is 6.26.